The number of nitrogens with two attached hydrogens (primary N) is 1. The minimum Gasteiger partial charge on any atom is -0.371 e. The minimum atomic E-state index is 0.632. The van der Waals surface area contributed by atoms with Crippen molar-refractivity contribution in [1.29, 1.82) is 0 Å². The highest BCUT2D eigenvalue weighted by Gasteiger charge is 2.24. The van der Waals surface area contributed by atoms with Crippen LogP contribution in [0.15, 0.2) is 23.1 Å². The van der Waals surface area contributed by atoms with Gasteiger partial charge in [-0.05, 0) is 44.1 Å². The third-order valence-electron chi connectivity index (χ3n) is 3.43. The molecule has 1 saturated carbocycles. The molecule has 2 nitrogen and oxygen atoms in total. The first kappa shape index (κ1) is 12.8. The minimum absolute atomic E-state index is 0.632. The van der Waals surface area contributed by atoms with Gasteiger partial charge >= 0.3 is 0 Å². The number of hydrogen-bond donors (Lipinski definition) is 1. The smallest absolute Gasteiger partial charge is 0.0423 e. The topological polar surface area (TPSA) is 29.3 Å². The van der Waals surface area contributed by atoms with E-state index in [9.17, 15) is 0 Å². The van der Waals surface area contributed by atoms with Crippen molar-refractivity contribution in [3.05, 3.63) is 23.8 Å². The van der Waals surface area contributed by atoms with Gasteiger partial charge in [-0.25, -0.2) is 0 Å². The van der Waals surface area contributed by atoms with Crippen molar-refractivity contribution < 1.29 is 0 Å². The van der Waals surface area contributed by atoms with Crippen LogP contribution in [0, 0.1) is 5.92 Å². The number of benzene rings is 1. The molecule has 0 amide bonds. The zero-order valence-corrected chi connectivity index (χ0v) is 11.6. The molecule has 1 fully saturated rings. The molecule has 0 unspecified atom stereocenters. The molecule has 1 aromatic rings. The molecule has 0 spiro atoms. The van der Waals surface area contributed by atoms with Crippen molar-refractivity contribution in [2.24, 2.45) is 11.7 Å². The van der Waals surface area contributed by atoms with E-state index in [-0.39, 0.29) is 0 Å². The predicted octanol–water partition coefficient (Wildman–Crippen LogP) is 3.10. The fraction of sp³-hybridized carbons (Fsp3) is 0.571. The van der Waals surface area contributed by atoms with Crippen molar-refractivity contribution in [2.75, 3.05) is 24.2 Å². The Bertz CT molecular complexity index is 374. The van der Waals surface area contributed by atoms with E-state index >= 15 is 0 Å². The van der Waals surface area contributed by atoms with E-state index in [1.54, 1.807) is 11.8 Å². The van der Waals surface area contributed by atoms with Crippen molar-refractivity contribution >= 4 is 17.4 Å². The van der Waals surface area contributed by atoms with Gasteiger partial charge in [0, 0.05) is 35.8 Å². The van der Waals surface area contributed by atoms with E-state index in [2.05, 4.69) is 36.3 Å². The zero-order valence-electron chi connectivity index (χ0n) is 10.8. The molecular weight excluding hydrogens is 228 g/mol. The lowest BCUT2D eigenvalue weighted by Gasteiger charge is -2.26. The van der Waals surface area contributed by atoms with Crippen LogP contribution >= 0.6 is 11.8 Å². The van der Waals surface area contributed by atoms with Gasteiger partial charge in [0.2, 0.25) is 0 Å². The van der Waals surface area contributed by atoms with E-state index in [4.69, 9.17) is 5.73 Å². The summed E-state index contributed by atoms with van der Waals surface area (Å²) in [7, 11) is 0. The second kappa shape index (κ2) is 5.78. The molecular formula is C14H22N2S. The molecule has 3 heteroatoms. The lowest BCUT2D eigenvalue weighted by Crippen LogP contribution is -2.27. The van der Waals surface area contributed by atoms with Gasteiger partial charge in [0.25, 0.3) is 0 Å². The number of nitrogens with zero attached hydrogens (tertiary/aromatic N) is 1. The molecule has 2 rings (SSSR count). The third-order valence-corrected chi connectivity index (χ3v) is 4.25. The second-order valence-corrected chi connectivity index (χ2v) is 5.49. The molecule has 1 aliphatic rings. The Morgan fingerprint density at radius 1 is 1.41 bits per heavy atom. The Balaban J connectivity index is 2.27. The van der Waals surface area contributed by atoms with Crippen LogP contribution in [0.4, 0.5) is 5.69 Å². The highest BCUT2D eigenvalue weighted by Crippen LogP contribution is 2.34. The highest BCUT2D eigenvalue weighted by atomic mass is 32.2. The molecule has 2 N–H and O–H groups in total. The van der Waals surface area contributed by atoms with Crippen LogP contribution in [0.1, 0.15) is 25.3 Å². The van der Waals surface area contributed by atoms with E-state index in [1.807, 2.05) is 0 Å². The SMILES string of the molecule is CCN(CC1CC1)c1cccc(SC)c1CN. The highest BCUT2D eigenvalue weighted by molar-refractivity contribution is 7.98. The molecule has 0 aliphatic heterocycles. The Hall–Kier alpha value is -0.670. The van der Waals surface area contributed by atoms with Crippen LogP contribution in [0.2, 0.25) is 0 Å². The summed E-state index contributed by atoms with van der Waals surface area (Å²) in [5.74, 6) is 0.915. The molecule has 0 aromatic heterocycles. The van der Waals surface area contributed by atoms with Crippen LogP contribution in [-0.4, -0.2) is 19.3 Å². The lowest BCUT2D eigenvalue weighted by molar-refractivity contribution is 0.735. The number of thioether (sulfide) groups is 1. The molecule has 1 aliphatic carbocycles. The Morgan fingerprint density at radius 3 is 2.71 bits per heavy atom. The molecule has 0 radical (unpaired) electrons. The van der Waals surface area contributed by atoms with Gasteiger partial charge in [-0.2, -0.15) is 0 Å². The first-order valence-corrected chi connectivity index (χ1v) is 7.63. The summed E-state index contributed by atoms with van der Waals surface area (Å²) in [6, 6.07) is 6.53. The van der Waals surface area contributed by atoms with Crippen molar-refractivity contribution in [3.8, 4) is 0 Å². The van der Waals surface area contributed by atoms with Gasteiger partial charge < -0.3 is 10.6 Å². The molecule has 0 heterocycles. The lowest BCUT2D eigenvalue weighted by atomic mass is 10.1. The average molecular weight is 250 g/mol. The first-order valence-electron chi connectivity index (χ1n) is 6.41. The van der Waals surface area contributed by atoms with Crippen LogP contribution in [0.5, 0.6) is 0 Å². The van der Waals surface area contributed by atoms with E-state index < -0.39 is 0 Å². The van der Waals surface area contributed by atoms with E-state index in [1.165, 1.54) is 35.5 Å². The number of hydrogen-bond acceptors (Lipinski definition) is 3. The van der Waals surface area contributed by atoms with Crippen LogP contribution in [0.3, 0.4) is 0 Å². The second-order valence-electron chi connectivity index (χ2n) is 4.64. The van der Waals surface area contributed by atoms with Crippen LogP contribution in [0.25, 0.3) is 0 Å². The van der Waals surface area contributed by atoms with Gasteiger partial charge in [-0.3, -0.25) is 0 Å². The van der Waals surface area contributed by atoms with E-state index in [0.717, 1.165) is 12.5 Å². The summed E-state index contributed by atoms with van der Waals surface area (Å²) in [6.45, 7) is 5.13. The molecule has 17 heavy (non-hydrogen) atoms. The summed E-state index contributed by atoms with van der Waals surface area (Å²) >= 11 is 1.79. The van der Waals surface area contributed by atoms with Gasteiger partial charge in [0.05, 0.1) is 0 Å². The van der Waals surface area contributed by atoms with Gasteiger partial charge in [-0.1, -0.05) is 6.07 Å². The van der Waals surface area contributed by atoms with Crippen LogP contribution < -0.4 is 10.6 Å². The molecule has 0 saturated heterocycles. The Kier molecular flexibility index (Phi) is 4.35. The summed E-state index contributed by atoms with van der Waals surface area (Å²) in [5, 5.41) is 0. The third kappa shape index (κ3) is 2.96. The first-order chi connectivity index (χ1) is 8.30. The largest absolute Gasteiger partial charge is 0.371 e. The Morgan fingerprint density at radius 2 is 2.18 bits per heavy atom. The number of anilines is 1. The van der Waals surface area contributed by atoms with Gasteiger partial charge in [0.15, 0.2) is 0 Å². The number of rotatable bonds is 6. The molecule has 94 valence electrons. The average Bonchev–Trinajstić information content (AvgIpc) is 3.18. The maximum atomic E-state index is 5.93. The molecule has 0 atom stereocenters. The zero-order chi connectivity index (χ0) is 12.3. The standard InChI is InChI=1S/C14H22N2S/c1-3-16(10-11-7-8-11)13-5-4-6-14(17-2)12(13)9-15/h4-6,11H,3,7-10,15H2,1-2H3. The molecule has 1 aromatic carbocycles. The monoisotopic (exact) mass is 250 g/mol. The maximum Gasteiger partial charge on any atom is 0.0423 e. The fourth-order valence-electron chi connectivity index (χ4n) is 2.26. The molecule has 0 bridgehead atoms. The summed E-state index contributed by atoms with van der Waals surface area (Å²) in [5.41, 5.74) is 8.58. The summed E-state index contributed by atoms with van der Waals surface area (Å²) < 4.78 is 0. The maximum absolute atomic E-state index is 5.93. The summed E-state index contributed by atoms with van der Waals surface area (Å²) in [6.07, 6.45) is 4.92. The Labute approximate surface area is 109 Å². The predicted molar refractivity (Wildman–Crippen MR) is 76.7 cm³/mol. The summed E-state index contributed by atoms with van der Waals surface area (Å²) in [4.78, 5) is 3.80. The van der Waals surface area contributed by atoms with Gasteiger partial charge in [0.1, 0.15) is 0 Å². The fourth-order valence-corrected chi connectivity index (χ4v) is 2.91. The normalized spacial score (nSPS) is 15.0. The van der Waals surface area contributed by atoms with Crippen molar-refractivity contribution in [3.63, 3.8) is 0 Å². The van der Waals surface area contributed by atoms with E-state index in [0.29, 0.717) is 6.54 Å². The van der Waals surface area contributed by atoms with Crippen LogP contribution in [-0.2, 0) is 6.54 Å². The quantitative estimate of drug-likeness (QED) is 0.787. The van der Waals surface area contributed by atoms with Crippen molar-refractivity contribution in [2.45, 2.75) is 31.2 Å². The van der Waals surface area contributed by atoms with Gasteiger partial charge in [-0.15, -0.1) is 11.8 Å². The van der Waals surface area contributed by atoms with Crippen molar-refractivity contribution in [1.82, 2.24) is 0 Å².